The van der Waals surface area contributed by atoms with Crippen LogP contribution in [0, 0.1) is 0 Å². The molecule has 16 heavy (non-hydrogen) atoms. The molecule has 3 nitrogen and oxygen atoms in total. The molecule has 0 bridgehead atoms. The van der Waals surface area contributed by atoms with Crippen molar-refractivity contribution in [2.24, 2.45) is 0 Å². The van der Waals surface area contributed by atoms with Crippen molar-refractivity contribution >= 4 is 21.8 Å². The predicted molar refractivity (Wildman–Crippen MR) is 65.4 cm³/mol. The molecule has 1 aliphatic heterocycles. The van der Waals surface area contributed by atoms with Gasteiger partial charge in [0.2, 0.25) is 0 Å². The molecule has 2 unspecified atom stereocenters. The monoisotopic (exact) mass is 285 g/mol. The molecule has 2 rings (SSSR count). The zero-order chi connectivity index (χ0) is 11.7. The lowest BCUT2D eigenvalue weighted by Gasteiger charge is -2.38. The van der Waals surface area contributed by atoms with Gasteiger partial charge in [0.05, 0.1) is 11.8 Å². The highest BCUT2D eigenvalue weighted by molar-refractivity contribution is 9.10. The van der Waals surface area contributed by atoms with Gasteiger partial charge in [0, 0.05) is 12.1 Å². The summed E-state index contributed by atoms with van der Waals surface area (Å²) in [5.74, 6) is 0.0697. The Kier molecular flexibility index (Phi) is 3.38. The first-order valence-corrected chi connectivity index (χ1v) is 6.46. The first kappa shape index (κ1) is 11.7. The lowest BCUT2D eigenvalue weighted by Crippen LogP contribution is -2.47. The summed E-state index contributed by atoms with van der Waals surface area (Å²) in [6, 6.07) is 2.36. The molecule has 4 heteroatoms. The molecule has 1 aromatic heterocycles. The van der Waals surface area contributed by atoms with E-state index in [1.807, 2.05) is 4.90 Å². The lowest BCUT2D eigenvalue weighted by atomic mass is 9.97. The molecule has 1 fully saturated rings. The van der Waals surface area contributed by atoms with Crippen molar-refractivity contribution in [3.8, 4) is 0 Å². The highest BCUT2D eigenvalue weighted by atomic mass is 79.9. The van der Waals surface area contributed by atoms with Gasteiger partial charge in [0.25, 0.3) is 5.91 Å². The summed E-state index contributed by atoms with van der Waals surface area (Å²) in [6.07, 6.45) is 4.92. The first-order valence-electron chi connectivity index (χ1n) is 5.67. The van der Waals surface area contributed by atoms with E-state index < -0.39 is 0 Å². The summed E-state index contributed by atoms with van der Waals surface area (Å²) in [7, 11) is 0. The van der Waals surface area contributed by atoms with Crippen LogP contribution < -0.4 is 0 Å². The summed E-state index contributed by atoms with van der Waals surface area (Å²) in [4.78, 5) is 14.3. The average molecular weight is 286 g/mol. The number of hydrogen-bond donors (Lipinski definition) is 0. The molecule has 1 aromatic rings. The van der Waals surface area contributed by atoms with Crippen LogP contribution in [-0.4, -0.2) is 22.9 Å². The van der Waals surface area contributed by atoms with E-state index in [9.17, 15) is 4.79 Å². The van der Waals surface area contributed by atoms with Crippen LogP contribution in [0.25, 0.3) is 0 Å². The smallest absolute Gasteiger partial charge is 0.258 e. The Balaban J connectivity index is 2.23. The van der Waals surface area contributed by atoms with Crippen molar-refractivity contribution in [3.05, 3.63) is 22.6 Å². The fraction of sp³-hybridized carbons (Fsp3) is 0.583. The number of likely N-dealkylation sites (tertiary alicyclic amines) is 1. The average Bonchev–Trinajstić information content (AvgIpc) is 2.64. The number of rotatable bonds is 1. The Labute approximate surface area is 104 Å². The number of furan rings is 1. The molecule has 88 valence electrons. The van der Waals surface area contributed by atoms with Crippen LogP contribution in [0.15, 0.2) is 21.4 Å². The second-order valence-corrected chi connectivity index (χ2v) is 5.17. The van der Waals surface area contributed by atoms with Gasteiger partial charge in [-0.3, -0.25) is 4.79 Å². The highest BCUT2D eigenvalue weighted by Gasteiger charge is 2.31. The molecule has 2 heterocycles. The van der Waals surface area contributed by atoms with E-state index in [1.165, 1.54) is 12.7 Å². The summed E-state index contributed by atoms with van der Waals surface area (Å²) in [6.45, 7) is 4.23. The Morgan fingerprint density at radius 3 is 2.56 bits per heavy atom. The topological polar surface area (TPSA) is 33.5 Å². The van der Waals surface area contributed by atoms with Gasteiger partial charge in [-0.25, -0.2) is 0 Å². The van der Waals surface area contributed by atoms with Gasteiger partial charge >= 0.3 is 0 Å². The van der Waals surface area contributed by atoms with Gasteiger partial charge in [-0.15, -0.1) is 0 Å². The molecule has 0 radical (unpaired) electrons. The third-order valence-corrected chi connectivity index (χ3v) is 3.89. The molecular formula is C12H16BrNO2. The van der Waals surface area contributed by atoms with Gasteiger partial charge in [-0.1, -0.05) is 0 Å². The van der Waals surface area contributed by atoms with Gasteiger partial charge in [-0.2, -0.15) is 0 Å². The van der Waals surface area contributed by atoms with Gasteiger partial charge < -0.3 is 9.32 Å². The van der Waals surface area contributed by atoms with Crippen LogP contribution in [0.2, 0.25) is 0 Å². The maximum absolute atomic E-state index is 12.3. The number of carbonyl (C=O) groups excluding carboxylic acids is 1. The SMILES string of the molecule is CC1CCCC(C)N1C(=O)c1ccoc1Br. The van der Waals surface area contributed by atoms with Gasteiger partial charge in [0.15, 0.2) is 4.67 Å². The number of nitrogens with zero attached hydrogens (tertiary/aromatic N) is 1. The van der Waals surface area contributed by atoms with Gasteiger partial charge in [-0.05, 0) is 55.1 Å². The molecule has 0 saturated carbocycles. The minimum Gasteiger partial charge on any atom is -0.457 e. The van der Waals surface area contributed by atoms with Crippen molar-refractivity contribution in [1.82, 2.24) is 4.90 Å². The normalized spacial score (nSPS) is 25.8. The number of hydrogen-bond acceptors (Lipinski definition) is 2. The minimum atomic E-state index is 0.0697. The standard InChI is InChI=1S/C12H16BrNO2/c1-8-4-3-5-9(2)14(8)12(15)10-6-7-16-11(10)13/h6-9H,3-5H2,1-2H3. The van der Waals surface area contributed by atoms with Gasteiger partial charge in [0.1, 0.15) is 0 Å². The van der Waals surface area contributed by atoms with Crippen LogP contribution in [-0.2, 0) is 0 Å². The second-order valence-electron chi connectivity index (χ2n) is 4.45. The van der Waals surface area contributed by atoms with E-state index in [-0.39, 0.29) is 5.91 Å². The van der Waals surface area contributed by atoms with Crippen molar-refractivity contribution in [3.63, 3.8) is 0 Å². The summed E-state index contributed by atoms with van der Waals surface area (Å²) < 4.78 is 5.65. The molecule has 1 saturated heterocycles. The highest BCUT2D eigenvalue weighted by Crippen LogP contribution is 2.27. The van der Waals surface area contributed by atoms with E-state index in [0.717, 1.165) is 12.8 Å². The van der Waals surface area contributed by atoms with E-state index in [2.05, 4.69) is 29.8 Å². The van der Waals surface area contributed by atoms with Crippen molar-refractivity contribution in [1.29, 1.82) is 0 Å². The minimum absolute atomic E-state index is 0.0697. The molecular weight excluding hydrogens is 270 g/mol. The van der Waals surface area contributed by atoms with Crippen LogP contribution in [0.1, 0.15) is 43.5 Å². The molecule has 0 spiro atoms. The Morgan fingerprint density at radius 2 is 2.06 bits per heavy atom. The molecule has 2 atom stereocenters. The fourth-order valence-electron chi connectivity index (χ4n) is 2.41. The zero-order valence-corrected chi connectivity index (χ0v) is 11.2. The quantitative estimate of drug-likeness (QED) is 0.792. The third kappa shape index (κ3) is 2.03. The molecule has 0 aromatic carbocycles. The lowest BCUT2D eigenvalue weighted by molar-refractivity contribution is 0.0509. The molecule has 0 aliphatic carbocycles. The van der Waals surface area contributed by atoms with Crippen LogP contribution in [0.4, 0.5) is 0 Å². The van der Waals surface area contributed by atoms with E-state index in [1.54, 1.807) is 6.07 Å². The van der Waals surface area contributed by atoms with Crippen LogP contribution >= 0.6 is 15.9 Å². The number of halogens is 1. The van der Waals surface area contributed by atoms with Crippen molar-refractivity contribution in [2.75, 3.05) is 0 Å². The second kappa shape index (κ2) is 4.62. The van der Waals surface area contributed by atoms with Crippen LogP contribution in [0.5, 0.6) is 0 Å². The summed E-state index contributed by atoms with van der Waals surface area (Å²) in [5, 5.41) is 0. The third-order valence-electron chi connectivity index (χ3n) is 3.28. The Morgan fingerprint density at radius 1 is 1.44 bits per heavy atom. The van der Waals surface area contributed by atoms with Crippen LogP contribution in [0.3, 0.4) is 0 Å². The number of piperidine rings is 1. The molecule has 1 amide bonds. The zero-order valence-electron chi connectivity index (χ0n) is 9.57. The van der Waals surface area contributed by atoms with E-state index in [0.29, 0.717) is 22.3 Å². The van der Waals surface area contributed by atoms with E-state index >= 15 is 0 Å². The summed E-state index contributed by atoms with van der Waals surface area (Å²) >= 11 is 3.26. The number of amides is 1. The van der Waals surface area contributed by atoms with Crippen molar-refractivity contribution in [2.45, 2.75) is 45.2 Å². The summed E-state index contributed by atoms with van der Waals surface area (Å²) in [5.41, 5.74) is 0.626. The predicted octanol–water partition coefficient (Wildman–Crippen LogP) is 3.45. The maximum atomic E-state index is 12.3. The van der Waals surface area contributed by atoms with Crippen molar-refractivity contribution < 1.29 is 9.21 Å². The maximum Gasteiger partial charge on any atom is 0.258 e. The molecule has 0 N–H and O–H groups in total. The fourth-order valence-corrected chi connectivity index (χ4v) is 2.82. The molecule has 1 aliphatic rings. The number of carbonyl (C=O) groups is 1. The van der Waals surface area contributed by atoms with E-state index in [4.69, 9.17) is 4.42 Å². The largest absolute Gasteiger partial charge is 0.457 e. The Hall–Kier alpha value is -0.770. The first-order chi connectivity index (χ1) is 7.61. The Bertz CT molecular complexity index is 378.